The van der Waals surface area contributed by atoms with Crippen molar-refractivity contribution in [1.82, 2.24) is 29.7 Å². The van der Waals surface area contributed by atoms with Crippen LogP contribution in [0, 0.1) is 17.7 Å². The molecule has 0 radical (unpaired) electrons. The first kappa shape index (κ1) is 32.7. The number of para-hydroxylation sites is 1. The van der Waals surface area contributed by atoms with Crippen molar-refractivity contribution in [3.63, 3.8) is 0 Å². The Hall–Kier alpha value is -3.19. The Morgan fingerprint density at radius 2 is 1.84 bits per heavy atom. The SMILES string of the molecule is CSCc1c(C(=O)N(CC(C)C)[C@H]2C[C@@H](C(=O)N3CCOCC3)CN(C(=O)OC(C)(C)C)C2)nnn1-c1ccccc1F. The topological polar surface area (TPSA) is 110 Å². The number of benzene rings is 1. The number of halogens is 1. The summed E-state index contributed by atoms with van der Waals surface area (Å²) in [5, 5.41) is 8.44. The Morgan fingerprint density at radius 1 is 1.14 bits per heavy atom. The van der Waals surface area contributed by atoms with Crippen molar-refractivity contribution in [2.45, 2.75) is 58.4 Å². The first-order valence-corrected chi connectivity index (χ1v) is 16.1. The normalized spacial score (nSPS) is 19.4. The average Bonchev–Trinajstić information content (AvgIpc) is 3.38. The molecule has 3 amide bonds. The van der Waals surface area contributed by atoms with E-state index in [-0.39, 0.29) is 42.2 Å². The van der Waals surface area contributed by atoms with E-state index < -0.39 is 29.5 Å². The van der Waals surface area contributed by atoms with Crippen LogP contribution in [0.4, 0.5) is 9.18 Å². The highest BCUT2D eigenvalue weighted by atomic mass is 32.2. The van der Waals surface area contributed by atoms with E-state index in [0.29, 0.717) is 50.7 Å². The summed E-state index contributed by atoms with van der Waals surface area (Å²) in [6.07, 6.45) is 1.75. The summed E-state index contributed by atoms with van der Waals surface area (Å²) in [4.78, 5) is 46.4. The second-order valence-corrected chi connectivity index (χ2v) is 13.3. The van der Waals surface area contributed by atoms with Crippen LogP contribution in [0.1, 0.15) is 57.2 Å². The lowest BCUT2D eigenvalue weighted by Gasteiger charge is -2.44. The quantitative estimate of drug-likeness (QED) is 0.439. The fourth-order valence-electron chi connectivity index (χ4n) is 5.47. The zero-order valence-electron chi connectivity index (χ0n) is 25.9. The molecule has 2 aliphatic rings. The first-order chi connectivity index (χ1) is 20.4. The summed E-state index contributed by atoms with van der Waals surface area (Å²) < 4.78 is 27.3. The molecule has 43 heavy (non-hydrogen) atoms. The molecule has 236 valence electrons. The van der Waals surface area contributed by atoms with Gasteiger partial charge in [0.1, 0.15) is 17.1 Å². The molecule has 2 fully saturated rings. The van der Waals surface area contributed by atoms with Crippen LogP contribution in [0.3, 0.4) is 0 Å². The lowest BCUT2D eigenvalue weighted by molar-refractivity contribution is -0.142. The Kier molecular flexibility index (Phi) is 10.7. The van der Waals surface area contributed by atoms with Crippen molar-refractivity contribution >= 4 is 29.7 Å². The van der Waals surface area contributed by atoms with E-state index in [4.69, 9.17) is 9.47 Å². The first-order valence-electron chi connectivity index (χ1n) is 14.7. The van der Waals surface area contributed by atoms with Gasteiger partial charge in [0.2, 0.25) is 5.91 Å². The van der Waals surface area contributed by atoms with Gasteiger partial charge in [-0.1, -0.05) is 31.2 Å². The number of ether oxygens (including phenoxy) is 2. The van der Waals surface area contributed by atoms with Gasteiger partial charge in [-0.3, -0.25) is 9.59 Å². The number of rotatable bonds is 8. The highest BCUT2D eigenvalue weighted by molar-refractivity contribution is 7.97. The molecule has 0 N–H and O–H groups in total. The van der Waals surface area contributed by atoms with E-state index in [9.17, 15) is 18.8 Å². The molecule has 0 spiro atoms. The fraction of sp³-hybridized carbons (Fsp3) is 0.633. The van der Waals surface area contributed by atoms with Crippen molar-refractivity contribution in [3.8, 4) is 5.69 Å². The van der Waals surface area contributed by atoms with Crippen molar-refractivity contribution < 1.29 is 28.2 Å². The van der Waals surface area contributed by atoms with E-state index in [1.807, 2.05) is 20.1 Å². The number of morpholine rings is 1. The number of carbonyl (C=O) groups excluding carboxylic acids is 3. The molecule has 0 bridgehead atoms. The lowest BCUT2D eigenvalue weighted by Crippen LogP contribution is -2.58. The molecule has 0 saturated carbocycles. The molecule has 2 saturated heterocycles. The van der Waals surface area contributed by atoms with Crippen LogP contribution in [0.5, 0.6) is 0 Å². The van der Waals surface area contributed by atoms with E-state index in [1.54, 1.807) is 53.7 Å². The summed E-state index contributed by atoms with van der Waals surface area (Å²) in [6, 6.07) is 5.75. The van der Waals surface area contributed by atoms with Gasteiger partial charge in [-0.05, 0) is 51.5 Å². The summed E-state index contributed by atoms with van der Waals surface area (Å²) in [5.74, 6) is -0.963. The number of nitrogens with zero attached hydrogens (tertiary/aromatic N) is 6. The smallest absolute Gasteiger partial charge is 0.410 e. The highest BCUT2D eigenvalue weighted by Gasteiger charge is 2.42. The molecule has 0 aliphatic carbocycles. The zero-order chi connectivity index (χ0) is 31.3. The molecular formula is C30H43FN6O5S. The standard InChI is InChI=1S/C30H43FN6O5S/c1-20(2)16-36(28(39)26-25(19-43-6)37(33-32-26)24-10-8-7-9-23(24)31)22-15-21(27(38)34-11-13-41-14-12-34)17-35(18-22)29(40)42-30(3,4)5/h7-10,20-22H,11-19H2,1-6H3/t21-,22+/m1/s1. The molecule has 3 heterocycles. The van der Waals surface area contributed by atoms with Crippen molar-refractivity contribution in [3.05, 3.63) is 41.5 Å². The highest BCUT2D eigenvalue weighted by Crippen LogP contribution is 2.28. The molecule has 1 aromatic carbocycles. The molecule has 2 aliphatic heterocycles. The molecular weight excluding hydrogens is 575 g/mol. The van der Waals surface area contributed by atoms with E-state index in [1.165, 1.54) is 22.5 Å². The van der Waals surface area contributed by atoms with E-state index in [2.05, 4.69) is 10.3 Å². The minimum absolute atomic E-state index is 0.0629. The second kappa shape index (κ2) is 14.1. The maximum Gasteiger partial charge on any atom is 0.410 e. The molecule has 11 nitrogen and oxygen atoms in total. The number of carbonyl (C=O) groups is 3. The molecule has 1 aromatic heterocycles. The minimum atomic E-state index is -0.723. The van der Waals surface area contributed by atoms with Gasteiger partial charge in [-0.15, -0.1) is 5.10 Å². The minimum Gasteiger partial charge on any atom is -0.444 e. The zero-order valence-corrected chi connectivity index (χ0v) is 26.7. The molecule has 0 unspecified atom stereocenters. The maximum absolute atomic E-state index is 14.8. The maximum atomic E-state index is 14.8. The van der Waals surface area contributed by atoms with Crippen molar-refractivity contribution in [1.29, 1.82) is 0 Å². The summed E-state index contributed by atoms with van der Waals surface area (Å²) in [6.45, 7) is 12.1. The predicted octanol–water partition coefficient (Wildman–Crippen LogP) is 3.85. The lowest BCUT2D eigenvalue weighted by atomic mass is 9.91. The number of likely N-dealkylation sites (tertiary alicyclic amines) is 1. The van der Waals surface area contributed by atoms with Crippen molar-refractivity contribution in [2.24, 2.45) is 11.8 Å². The summed E-state index contributed by atoms with van der Waals surface area (Å²) >= 11 is 1.47. The number of piperidine rings is 1. The van der Waals surface area contributed by atoms with Gasteiger partial charge in [0.25, 0.3) is 5.91 Å². The Morgan fingerprint density at radius 3 is 2.47 bits per heavy atom. The van der Waals surface area contributed by atoms with Gasteiger partial charge in [-0.2, -0.15) is 11.8 Å². The second-order valence-electron chi connectivity index (χ2n) is 12.4. The molecule has 4 rings (SSSR count). The van der Waals surface area contributed by atoms with E-state index in [0.717, 1.165) is 0 Å². The number of amides is 3. The number of thioether (sulfide) groups is 1. The van der Waals surface area contributed by atoms with Gasteiger partial charge in [-0.25, -0.2) is 13.9 Å². The third kappa shape index (κ3) is 8.05. The third-order valence-corrected chi connectivity index (χ3v) is 7.91. The number of hydrogen-bond acceptors (Lipinski definition) is 8. The van der Waals surface area contributed by atoms with Crippen LogP contribution in [-0.4, -0.2) is 111 Å². The van der Waals surface area contributed by atoms with Crippen LogP contribution in [-0.2, 0) is 20.0 Å². The number of hydrogen-bond donors (Lipinski definition) is 0. The van der Waals surface area contributed by atoms with Crippen LogP contribution in [0.2, 0.25) is 0 Å². The molecule has 2 atom stereocenters. The van der Waals surface area contributed by atoms with Gasteiger partial charge in [0, 0.05) is 38.5 Å². The predicted molar refractivity (Wildman–Crippen MR) is 162 cm³/mol. The van der Waals surface area contributed by atoms with Crippen molar-refractivity contribution in [2.75, 3.05) is 52.2 Å². The Balaban J connectivity index is 1.70. The van der Waals surface area contributed by atoms with Crippen LogP contribution < -0.4 is 0 Å². The summed E-state index contributed by atoms with van der Waals surface area (Å²) in [7, 11) is 0. The largest absolute Gasteiger partial charge is 0.444 e. The average molecular weight is 619 g/mol. The van der Waals surface area contributed by atoms with Gasteiger partial charge in [0.05, 0.1) is 30.9 Å². The van der Waals surface area contributed by atoms with Crippen LogP contribution in [0.25, 0.3) is 5.69 Å². The molecule has 13 heteroatoms. The monoisotopic (exact) mass is 618 g/mol. The fourth-order valence-corrected chi connectivity index (χ4v) is 6.01. The third-order valence-electron chi connectivity index (χ3n) is 7.34. The Labute approximate surface area is 257 Å². The van der Waals surface area contributed by atoms with Gasteiger partial charge in [0.15, 0.2) is 5.69 Å². The van der Waals surface area contributed by atoms with E-state index >= 15 is 0 Å². The van der Waals surface area contributed by atoms with Crippen LogP contribution >= 0.6 is 11.8 Å². The molecule has 2 aromatic rings. The Bertz CT molecular complexity index is 1290. The van der Waals surface area contributed by atoms with Gasteiger partial charge >= 0.3 is 6.09 Å². The van der Waals surface area contributed by atoms with Crippen LogP contribution in [0.15, 0.2) is 24.3 Å². The number of aromatic nitrogens is 3. The van der Waals surface area contributed by atoms with Gasteiger partial charge < -0.3 is 24.2 Å². The summed E-state index contributed by atoms with van der Waals surface area (Å²) in [5.41, 5.74) is 0.0957.